The van der Waals surface area contributed by atoms with Gasteiger partial charge in [0.1, 0.15) is 0 Å². The summed E-state index contributed by atoms with van der Waals surface area (Å²) in [7, 11) is 0. The molecule has 0 bridgehead atoms. The number of anilines is 1. The van der Waals surface area contributed by atoms with Gasteiger partial charge in [0.2, 0.25) is 0 Å². The van der Waals surface area contributed by atoms with Gasteiger partial charge in [-0.15, -0.1) is 0 Å². The molecule has 1 aliphatic heterocycles. The van der Waals surface area contributed by atoms with Crippen LogP contribution in [0.15, 0.2) is 42.5 Å². The van der Waals surface area contributed by atoms with Gasteiger partial charge in [-0.1, -0.05) is 24.6 Å². The molecule has 1 fully saturated rings. The molecule has 136 valence electrons. The summed E-state index contributed by atoms with van der Waals surface area (Å²) in [4.78, 5) is 26.9. The molecule has 3 rings (SSSR count). The third-order valence-electron chi connectivity index (χ3n) is 4.77. The molecule has 1 heterocycles. The van der Waals surface area contributed by atoms with Gasteiger partial charge in [0.25, 0.3) is 11.8 Å². The number of carbonyl (C=O) groups is 2. The van der Waals surface area contributed by atoms with Crippen molar-refractivity contribution < 1.29 is 9.59 Å². The molecule has 0 aliphatic carbocycles. The van der Waals surface area contributed by atoms with E-state index in [0.717, 1.165) is 25.1 Å². The van der Waals surface area contributed by atoms with Crippen molar-refractivity contribution in [3.63, 3.8) is 0 Å². The zero-order valence-electron chi connectivity index (χ0n) is 15.1. The first-order chi connectivity index (χ1) is 12.4. The van der Waals surface area contributed by atoms with E-state index in [2.05, 4.69) is 12.2 Å². The molecule has 1 atom stereocenters. The van der Waals surface area contributed by atoms with Gasteiger partial charge < -0.3 is 10.2 Å². The fraction of sp³-hybridized carbons (Fsp3) is 0.333. The van der Waals surface area contributed by atoms with Crippen molar-refractivity contribution in [1.29, 1.82) is 0 Å². The summed E-state index contributed by atoms with van der Waals surface area (Å²) >= 11 is 6.09. The lowest BCUT2D eigenvalue weighted by Crippen LogP contribution is -2.39. The Hall–Kier alpha value is -2.33. The van der Waals surface area contributed by atoms with Crippen LogP contribution in [-0.4, -0.2) is 29.8 Å². The molecule has 2 aromatic rings. The van der Waals surface area contributed by atoms with Gasteiger partial charge >= 0.3 is 0 Å². The molecule has 1 N–H and O–H groups in total. The van der Waals surface area contributed by atoms with E-state index in [4.69, 9.17) is 11.6 Å². The lowest BCUT2D eigenvalue weighted by molar-refractivity contribution is 0.0682. The van der Waals surface area contributed by atoms with Crippen LogP contribution in [0.3, 0.4) is 0 Å². The summed E-state index contributed by atoms with van der Waals surface area (Å²) in [5, 5.41) is 3.44. The first-order valence-corrected chi connectivity index (χ1v) is 9.28. The Balaban J connectivity index is 1.67. The molecule has 1 aliphatic rings. The minimum absolute atomic E-state index is 0.0359. The van der Waals surface area contributed by atoms with Gasteiger partial charge in [0.05, 0.1) is 0 Å². The van der Waals surface area contributed by atoms with Gasteiger partial charge in [-0.3, -0.25) is 9.59 Å². The van der Waals surface area contributed by atoms with Crippen molar-refractivity contribution in [3.05, 3.63) is 64.2 Å². The maximum absolute atomic E-state index is 12.6. The summed E-state index contributed by atoms with van der Waals surface area (Å²) in [5.41, 5.74) is 2.73. The Kier molecular flexibility index (Phi) is 5.62. The van der Waals surface area contributed by atoms with E-state index in [0.29, 0.717) is 27.8 Å². The molecule has 2 amide bonds. The molecular weight excluding hydrogens is 348 g/mol. The second kappa shape index (κ2) is 7.92. The van der Waals surface area contributed by atoms with Gasteiger partial charge in [-0.05, 0) is 67.6 Å². The van der Waals surface area contributed by atoms with Crippen LogP contribution in [-0.2, 0) is 0 Å². The van der Waals surface area contributed by atoms with E-state index < -0.39 is 0 Å². The van der Waals surface area contributed by atoms with Crippen molar-refractivity contribution >= 4 is 29.1 Å². The van der Waals surface area contributed by atoms with E-state index in [1.807, 2.05) is 24.0 Å². The Morgan fingerprint density at radius 2 is 1.81 bits per heavy atom. The Labute approximate surface area is 159 Å². The molecule has 26 heavy (non-hydrogen) atoms. The predicted octanol–water partition coefficient (Wildman–Crippen LogP) is 4.77. The van der Waals surface area contributed by atoms with Crippen molar-refractivity contribution in [1.82, 2.24) is 4.90 Å². The zero-order valence-corrected chi connectivity index (χ0v) is 15.8. The zero-order chi connectivity index (χ0) is 18.7. The molecule has 2 aromatic carbocycles. The molecule has 1 unspecified atom stereocenters. The normalized spacial score (nSPS) is 17.0. The molecule has 0 radical (unpaired) electrons. The SMILES string of the molecule is Cc1ccc(NC(=O)c2ccc(C(=O)N3CCCC(C)C3)cc2)cc1Cl. The largest absolute Gasteiger partial charge is 0.338 e. The van der Waals surface area contributed by atoms with Crippen molar-refractivity contribution in [2.24, 2.45) is 5.92 Å². The molecule has 5 heteroatoms. The van der Waals surface area contributed by atoms with E-state index >= 15 is 0 Å². The number of hydrogen-bond acceptors (Lipinski definition) is 2. The van der Waals surface area contributed by atoms with Crippen LogP contribution in [0.25, 0.3) is 0 Å². The topological polar surface area (TPSA) is 49.4 Å². The average molecular weight is 371 g/mol. The molecule has 0 aromatic heterocycles. The fourth-order valence-corrected chi connectivity index (χ4v) is 3.38. The van der Waals surface area contributed by atoms with E-state index in [1.165, 1.54) is 6.42 Å². The number of likely N-dealkylation sites (tertiary alicyclic amines) is 1. The van der Waals surface area contributed by atoms with Crippen LogP contribution >= 0.6 is 11.6 Å². The second-order valence-corrected chi connectivity index (χ2v) is 7.40. The highest BCUT2D eigenvalue weighted by Crippen LogP contribution is 2.21. The number of halogens is 1. The minimum Gasteiger partial charge on any atom is -0.338 e. The Morgan fingerprint density at radius 1 is 1.12 bits per heavy atom. The van der Waals surface area contributed by atoms with Crippen molar-refractivity contribution in [2.45, 2.75) is 26.7 Å². The van der Waals surface area contributed by atoms with Crippen molar-refractivity contribution in [3.8, 4) is 0 Å². The number of piperidine rings is 1. The summed E-state index contributed by atoms with van der Waals surface area (Å²) < 4.78 is 0. The molecule has 4 nitrogen and oxygen atoms in total. The van der Waals surface area contributed by atoms with E-state index in [1.54, 1.807) is 30.3 Å². The molecular formula is C21H23ClN2O2. The Bertz CT molecular complexity index is 817. The second-order valence-electron chi connectivity index (χ2n) is 6.99. The van der Waals surface area contributed by atoms with Crippen LogP contribution in [0.4, 0.5) is 5.69 Å². The highest BCUT2D eigenvalue weighted by atomic mass is 35.5. The average Bonchev–Trinajstić information content (AvgIpc) is 2.64. The monoisotopic (exact) mass is 370 g/mol. The van der Waals surface area contributed by atoms with Gasteiger partial charge in [-0.25, -0.2) is 0 Å². The maximum Gasteiger partial charge on any atom is 0.255 e. The maximum atomic E-state index is 12.6. The number of amides is 2. The first-order valence-electron chi connectivity index (χ1n) is 8.91. The summed E-state index contributed by atoms with van der Waals surface area (Å²) in [6.45, 7) is 5.69. The molecule has 0 saturated carbocycles. The minimum atomic E-state index is -0.226. The lowest BCUT2D eigenvalue weighted by atomic mass is 9.99. The van der Waals surface area contributed by atoms with E-state index in [-0.39, 0.29) is 11.8 Å². The number of nitrogens with one attached hydrogen (secondary N) is 1. The standard InChI is InChI=1S/C21H23ClN2O2/c1-14-4-3-11-24(13-14)21(26)17-8-6-16(7-9-17)20(25)23-18-10-5-15(2)19(22)12-18/h5-10,12,14H,3-4,11,13H2,1-2H3,(H,23,25). The number of aryl methyl sites for hydroxylation is 1. The third kappa shape index (κ3) is 4.25. The molecule has 1 saturated heterocycles. The number of carbonyl (C=O) groups excluding carboxylic acids is 2. The van der Waals surface area contributed by atoms with Crippen LogP contribution < -0.4 is 5.32 Å². The van der Waals surface area contributed by atoms with Gasteiger partial charge in [-0.2, -0.15) is 0 Å². The van der Waals surface area contributed by atoms with Crippen LogP contribution in [0.2, 0.25) is 5.02 Å². The molecule has 0 spiro atoms. The van der Waals surface area contributed by atoms with Gasteiger partial charge in [0, 0.05) is 34.9 Å². The third-order valence-corrected chi connectivity index (χ3v) is 5.18. The summed E-state index contributed by atoms with van der Waals surface area (Å²) in [5.74, 6) is 0.350. The van der Waals surface area contributed by atoms with Crippen molar-refractivity contribution in [2.75, 3.05) is 18.4 Å². The van der Waals surface area contributed by atoms with E-state index in [9.17, 15) is 9.59 Å². The highest BCUT2D eigenvalue weighted by molar-refractivity contribution is 6.31. The van der Waals surface area contributed by atoms with Crippen LogP contribution in [0.1, 0.15) is 46.0 Å². The number of hydrogen-bond donors (Lipinski definition) is 1. The van der Waals surface area contributed by atoms with Gasteiger partial charge in [0.15, 0.2) is 0 Å². The van der Waals surface area contributed by atoms with Crippen LogP contribution in [0.5, 0.6) is 0 Å². The van der Waals surface area contributed by atoms with Crippen LogP contribution in [0, 0.1) is 12.8 Å². The summed E-state index contributed by atoms with van der Waals surface area (Å²) in [6.07, 6.45) is 2.22. The summed E-state index contributed by atoms with van der Waals surface area (Å²) in [6, 6.07) is 12.2. The quantitative estimate of drug-likeness (QED) is 0.845. The highest BCUT2D eigenvalue weighted by Gasteiger charge is 2.22. The number of benzene rings is 2. The lowest BCUT2D eigenvalue weighted by Gasteiger charge is -2.31. The Morgan fingerprint density at radius 3 is 2.46 bits per heavy atom. The number of nitrogens with zero attached hydrogens (tertiary/aromatic N) is 1. The first kappa shape index (κ1) is 18.5. The smallest absolute Gasteiger partial charge is 0.255 e. The fourth-order valence-electron chi connectivity index (χ4n) is 3.19. The predicted molar refractivity (Wildman–Crippen MR) is 105 cm³/mol. The number of rotatable bonds is 3.